The van der Waals surface area contributed by atoms with Gasteiger partial charge in [-0.3, -0.25) is 9.69 Å². The van der Waals surface area contributed by atoms with E-state index in [0.717, 1.165) is 23.9 Å². The first kappa shape index (κ1) is 18.5. The zero-order chi connectivity index (χ0) is 18.1. The standard InChI is InChI=1S/C17H19NO4S3/c1-9-7-11(9)13-4-3-10(22-13)8-14-15(19)18(17(23)25-14)12(16(20)21)5-6-24-2/h3-4,8-9,11-12H,5-7H2,1-2H3,(H,20,21)/b14-8-/t9-,11+,12+/m0/s1. The Morgan fingerprint density at radius 3 is 2.92 bits per heavy atom. The topological polar surface area (TPSA) is 70.8 Å². The van der Waals surface area contributed by atoms with Gasteiger partial charge >= 0.3 is 5.97 Å². The monoisotopic (exact) mass is 397 g/mol. The van der Waals surface area contributed by atoms with Crippen LogP contribution in [0.1, 0.15) is 37.2 Å². The average Bonchev–Trinajstić information content (AvgIpc) is 3.00. The van der Waals surface area contributed by atoms with Gasteiger partial charge in [0.25, 0.3) is 5.91 Å². The van der Waals surface area contributed by atoms with Gasteiger partial charge in [0.1, 0.15) is 21.9 Å². The summed E-state index contributed by atoms with van der Waals surface area (Å²) in [5.74, 6) is 1.91. The molecular weight excluding hydrogens is 378 g/mol. The number of nitrogens with zero attached hydrogens (tertiary/aromatic N) is 1. The van der Waals surface area contributed by atoms with E-state index in [0.29, 0.717) is 34.7 Å². The normalized spacial score (nSPS) is 25.7. The van der Waals surface area contributed by atoms with Crippen LogP contribution in [-0.2, 0) is 9.59 Å². The fraction of sp³-hybridized carbons (Fsp3) is 0.471. The van der Waals surface area contributed by atoms with E-state index in [4.69, 9.17) is 16.6 Å². The maximum absolute atomic E-state index is 12.7. The van der Waals surface area contributed by atoms with Crippen LogP contribution in [-0.4, -0.2) is 44.3 Å². The Labute approximate surface area is 160 Å². The van der Waals surface area contributed by atoms with Crippen molar-refractivity contribution in [2.24, 2.45) is 5.92 Å². The number of aliphatic carboxylic acids is 1. The molecule has 2 heterocycles. The van der Waals surface area contributed by atoms with Gasteiger partial charge < -0.3 is 9.52 Å². The summed E-state index contributed by atoms with van der Waals surface area (Å²) in [7, 11) is 0. The van der Waals surface area contributed by atoms with Gasteiger partial charge in [-0.25, -0.2) is 4.79 Å². The number of hydrogen-bond acceptors (Lipinski definition) is 6. The molecule has 1 saturated carbocycles. The van der Waals surface area contributed by atoms with Crippen LogP contribution in [0.25, 0.3) is 6.08 Å². The summed E-state index contributed by atoms with van der Waals surface area (Å²) in [4.78, 5) is 25.9. The number of carboxylic acids is 1. The molecule has 0 aromatic carbocycles. The third-order valence-electron chi connectivity index (χ3n) is 4.41. The van der Waals surface area contributed by atoms with Crippen molar-refractivity contribution in [1.29, 1.82) is 0 Å². The van der Waals surface area contributed by atoms with Gasteiger partial charge in [-0.1, -0.05) is 30.9 Å². The fourth-order valence-corrected chi connectivity index (χ4v) is 4.63. The average molecular weight is 398 g/mol. The molecule has 5 nitrogen and oxygen atoms in total. The summed E-state index contributed by atoms with van der Waals surface area (Å²) < 4.78 is 6.09. The number of carbonyl (C=O) groups excluding carboxylic acids is 1. The van der Waals surface area contributed by atoms with E-state index in [1.807, 2.05) is 18.4 Å². The molecule has 2 aliphatic rings. The number of carboxylic acid groups (broad SMARTS) is 1. The largest absolute Gasteiger partial charge is 0.480 e. The van der Waals surface area contributed by atoms with E-state index in [9.17, 15) is 14.7 Å². The molecule has 1 aliphatic carbocycles. The van der Waals surface area contributed by atoms with Gasteiger partial charge in [0.2, 0.25) is 0 Å². The van der Waals surface area contributed by atoms with Crippen LogP contribution in [0.15, 0.2) is 21.5 Å². The van der Waals surface area contributed by atoms with Gasteiger partial charge in [-0.15, -0.1) is 0 Å². The molecular formula is C17H19NO4S3. The molecule has 3 rings (SSSR count). The first-order valence-electron chi connectivity index (χ1n) is 8.01. The Balaban J connectivity index is 1.77. The van der Waals surface area contributed by atoms with Gasteiger partial charge in [0.05, 0.1) is 4.91 Å². The first-order valence-corrected chi connectivity index (χ1v) is 10.6. The Morgan fingerprint density at radius 2 is 2.32 bits per heavy atom. The van der Waals surface area contributed by atoms with Crippen molar-refractivity contribution in [3.63, 3.8) is 0 Å². The molecule has 2 fully saturated rings. The summed E-state index contributed by atoms with van der Waals surface area (Å²) in [6.45, 7) is 2.18. The minimum Gasteiger partial charge on any atom is -0.480 e. The Hall–Kier alpha value is -1.25. The van der Waals surface area contributed by atoms with E-state index >= 15 is 0 Å². The number of carbonyl (C=O) groups is 2. The van der Waals surface area contributed by atoms with E-state index in [1.54, 1.807) is 17.8 Å². The number of hydrogen-bond donors (Lipinski definition) is 1. The minimum atomic E-state index is -1.03. The molecule has 1 N–H and O–H groups in total. The lowest BCUT2D eigenvalue weighted by Crippen LogP contribution is -2.44. The van der Waals surface area contributed by atoms with Gasteiger partial charge in [0, 0.05) is 12.0 Å². The van der Waals surface area contributed by atoms with Crippen molar-refractivity contribution >= 4 is 58.0 Å². The quantitative estimate of drug-likeness (QED) is 0.554. The highest BCUT2D eigenvalue weighted by Gasteiger charge is 2.40. The predicted molar refractivity (Wildman–Crippen MR) is 105 cm³/mol. The number of amides is 1. The second-order valence-electron chi connectivity index (χ2n) is 6.25. The summed E-state index contributed by atoms with van der Waals surface area (Å²) in [6, 6.07) is 2.86. The molecule has 25 heavy (non-hydrogen) atoms. The molecule has 0 spiro atoms. The molecule has 1 saturated heterocycles. The molecule has 1 aliphatic heterocycles. The highest BCUT2D eigenvalue weighted by atomic mass is 32.2. The Morgan fingerprint density at radius 1 is 1.60 bits per heavy atom. The molecule has 3 atom stereocenters. The minimum absolute atomic E-state index is 0.285. The Kier molecular flexibility index (Phi) is 5.60. The van der Waals surface area contributed by atoms with Gasteiger partial charge in [-0.2, -0.15) is 11.8 Å². The lowest BCUT2D eigenvalue weighted by molar-refractivity contribution is -0.145. The van der Waals surface area contributed by atoms with E-state index < -0.39 is 12.0 Å². The number of rotatable bonds is 7. The third kappa shape index (κ3) is 3.96. The first-order chi connectivity index (χ1) is 11.9. The van der Waals surface area contributed by atoms with Crippen LogP contribution in [0.5, 0.6) is 0 Å². The lowest BCUT2D eigenvalue weighted by Gasteiger charge is -2.22. The number of thiocarbonyl (C=S) groups is 1. The van der Waals surface area contributed by atoms with Crippen molar-refractivity contribution < 1.29 is 19.1 Å². The molecule has 0 radical (unpaired) electrons. The zero-order valence-corrected chi connectivity index (χ0v) is 16.4. The molecule has 0 unspecified atom stereocenters. The smallest absolute Gasteiger partial charge is 0.326 e. The van der Waals surface area contributed by atoms with E-state index in [1.165, 1.54) is 4.90 Å². The highest BCUT2D eigenvalue weighted by molar-refractivity contribution is 8.26. The zero-order valence-electron chi connectivity index (χ0n) is 13.9. The predicted octanol–water partition coefficient (Wildman–Crippen LogP) is 3.81. The molecule has 1 aromatic heterocycles. The van der Waals surface area contributed by atoms with Crippen LogP contribution in [0.2, 0.25) is 0 Å². The van der Waals surface area contributed by atoms with Crippen molar-refractivity contribution in [2.45, 2.75) is 31.7 Å². The van der Waals surface area contributed by atoms with Crippen LogP contribution < -0.4 is 0 Å². The maximum atomic E-state index is 12.7. The summed E-state index contributed by atoms with van der Waals surface area (Å²) in [6.07, 6.45) is 5.05. The summed E-state index contributed by atoms with van der Waals surface area (Å²) in [5.41, 5.74) is 0. The van der Waals surface area contributed by atoms with Crippen LogP contribution in [0.4, 0.5) is 0 Å². The number of thioether (sulfide) groups is 2. The molecule has 1 amide bonds. The van der Waals surface area contributed by atoms with Crippen molar-refractivity contribution in [1.82, 2.24) is 4.90 Å². The Bertz CT molecular complexity index is 742. The lowest BCUT2D eigenvalue weighted by atomic mass is 10.2. The third-order valence-corrected chi connectivity index (χ3v) is 6.39. The second-order valence-corrected chi connectivity index (χ2v) is 8.91. The van der Waals surface area contributed by atoms with E-state index in [-0.39, 0.29) is 10.2 Å². The highest BCUT2D eigenvalue weighted by Crippen LogP contribution is 2.47. The SMILES string of the molecule is CSCC[C@H](C(=O)O)N1C(=O)/C(=C/c2ccc([C@@H]3C[C@@H]3C)o2)SC1=S. The fourth-order valence-electron chi connectivity index (χ4n) is 2.83. The molecule has 1 aromatic rings. The van der Waals surface area contributed by atoms with Crippen molar-refractivity contribution in [2.75, 3.05) is 12.0 Å². The molecule has 134 valence electrons. The van der Waals surface area contributed by atoms with Crippen LogP contribution in [0, 0.1) is 5.92 Å². The summed E-state index contributed by atoms with van der Waals surface area (Å²) in [5, 5.41) is 9.46. The second kappa shape index (κ2) is 7.55. The van der Waals surface area contributed by atoms with Gasteiger partial charge in [-0.05, 0) is 42.9 Å². The van der Waals surface area contributed by atoms with E-state index in [2.05, 4.69) is 6.92 Å². The maximum Gasteiger partial charge on any atom is 0.326 e. The summed E-state index contributed by atoms with van der Waals surface area (Å²) >= 11 is 7.93. The van der Waals surface area contributed by atoms with Crippen molar-refractivity contribution in [3.05, 3.63) is 28.6 Å². The van der Waals surface area contributed by atoms with Crippen molar-refractivity contribution in [3.8, 4) is 0 Å². The van der Waals surface area contributed by atoms with Gasteiger partial charge in [0.15, 0.2) is 0 Å². The molecule has 0 bridgehead atoms. The molecule has 8 heteroatoms. The number of furan rings is 1. The van der Waals surface area contributed by atoms with Crippen LogP contribution >= 0.6 is 35.7 Å². The van der Waals surface area contributed by atoms with Crippen LogP contribution in [0.3, 0.4) is 0 Å².